The topological polar surface area (TPSA) is 80.5 Å². The van der Waals surface area contributed by atoms with Crippen LogP contribution in [0, 0.1) is 12.7 Å². The van der Waals surface area contributed by atoms with Gasteiger partial charge in [0, 0.05) is 18.9 Å². The SMILES string of the molecule is Cc1ccc2nc(C(=O)NCCS(=O)(=O)c3ccc(F)cc3)cn2c1. The predicted molar refractivity (Wildman–Crippen MR) is 90.7 cm³/mol. The van der Waals surface area contributed by atoms with E-state index in [1.807, 2.05) is 19.2 Å². The Balaban J connectivity index is 1.64. The van der Waals surface area contributed by atoms with Gasteiger partial charge in [-0.1, -0.05) is 6.07 Å². The Morgan fingerprint density at radius 1 is 1.16 bits per heavy atom. The maximum Gasteiger partial charge on any atom is 0.271 e. The Bertz CT molecular complexity index is 1030. The summed E-state index contributed by atoms with van der Waals surface area (Å²) in [6.45, 7) is 1.87. The maximum atomic E-state index is 12.9. The molecule has 0 saturated carbocycles. The second-order valence-electron chi connectivity index (χ2n) is 5.63. The number of benzene rings is 1. The molecule has 0 aliphatic heterocycles. The fraction of sp³-hybridized carbons (Fsp3) is 0.176. The number of imidazole rings is 1. The van der Waals surface area contributed by atoms with Gasteiger partial charge >= 0.3 is 0 Å². The minimum absolute atomic E-state index is 0.0198. The molecule has 0 saturated heterocycles. The van der Waals surface area contributed by atoms with Crippen molar-refractivity contribution in [2.24, 2.45) is 0 Å². The number of nitrogens with one attached hydrogen (secondary N) is 1. The highest BCUT2D eigenvalue weighted by atomic mass is 32.2. The molecule has 6 nitrogen and oxygen atoms in total. The van der Waals surface area contributed by atoms with Gasteiger partial charge in [-0.05, 0) is 42.8 Å². The van der Waals surface area contributed by atoms with Crippen LogP contribution >= 0.6 is 0 Å². The summed E-state index contributed by atoms with van der Waals surface area (Å²) < 4.78 is 38.9. The third-order valence-electron chi connectivity index (χ3n) is 3.66. The molecule has 1 N–H and O–H groups in total. The predicted octanol–water partition coefficient (Wildman–Crippen LogP) is 1.99. The molecule has 0 radical (unpaired) electrons. The lowest BCUT2D eigenvalue weighted by atomic mass is 10.3. The number of aromatic nitrogens is 2. The summed E-state index contributed by atoms with van der Waals surface area (Å²) >= 11 is 0. The first-order chi connectivity index (χ1) is 11.8. The smallest absolute Gasteiger partial charge is 0.271 e. The Hall–Kier alpha value is -2.74. The molecule has 3 aromatic rings. The van der Waals surface area contributed by atoms with Gasteiger partial charge in [-0.15, -0.1) is 0 Å². The molecule has 0 spiro atoms. The Kier molecular flexibility index (Phi) is 4.54. The Morgan fingerprint density at radius 3 is 2.60 bits per heavy atom. The van der Waals surface area contributed by atoms with E-state index in [0.717, 1.165) is 17.7 Å². The lowest BCUT2D eigenvalue weighted by Crippen LogP contribution is -2.29. The lowest BCUT2D eigenvalue weighted by Gasteiger charge is -2.05. The summed E-state index contributed by atoms with van der Waals surface area (Å²) in [6.07, 6.45) is 3.43. The minimum atomic E-state index is -3.59. The van der Waals surface area contributed by atoms with Crippen LogP contribution in [0.2, 0.25) is 0 Å². The van der Waals surface area contributed by atoms with E-state index in [1.165, 1.54) is 12.1 Å². The molecule has 3 rings (SSSR count). The summed E-state index contributed by atoms with van der Waals surface area (Å²) in [4.78, 5) is 16.4. The van der Waals surface area contributed by atoms with Crippen molar-refractivity contribution in [1.82, 2.24) is 14.7 Å². The van der Waals surface area contributed by atoms with Crippen molar-refractivity contribution in [3.63, 3.8) is 0 Å². The first kappa shape index (κ1) is 17.1. The molecule has 1 amide bonds. The average Bonchev–Trinajstić information content (AvgIpc) is 2.98. The molecular formula is C17H16FN3O3S. The van der Waals surface area contributed by atoms with Crippen molar-refractivity contribution in [2.75, 3.05) is 12.3 Å². The normalized spacial score (nSPS) is 11.6. The van der Waals surface area contributed by atoms with Crippen LogP contribution in [0.25, 0.3) is 5.65 Å². The Labute approximate surface area is 144 Å². The highest BCUT2D eigenvalue weighted by Gasteiger charge is 2.16. The molecule has 1 aromatic carbocycles. The van der Waals surface area contributed by atoms with Crippen molar-refractivity contribution in [1.29, 1.82) is 0 Å². The van der Waals surface area contributed by atoms with Crippen LogP contribution in [0.1, 0.15) is 16.1 Å². The quantitative estimate of drug-likeness (QED) is 0.705. The van der Waals surface area contributed by atoms with E-state index in [1.54, 1.807) is 16.7 Å². The number of pyridine rings is 1. The number of fused-ring (bicyclic) bond motifs is 1. The third-order valence-corrected chi connectivity index (χ3v) is 5.39. The van der Waals surface area contributed by atoms with Gasteiger partial charge in [0.05, 0.1) is 10.6 Å². The van der Waals surface area contributed by atoms with Gasteiger partial charge in [-0.3, -0.25) is 4.79 Å². The number of hydrogen-bond acceptors (Lipinski definition) is 4. The average molecular weight is 361 g/mol. The van der Waals surface area contributed by atoms with E-state index in [-0.39, 0.29) is 22.9 Å². The zero-order chi connectivity index (χ0) is 18.0. The zero-order valence-corrected chi connectivity index (χ0v) is 14.3. The standard InChI is InChI=1S/C17H16FN3O3S/c1-12-2-7-16-20-15(11-21(16)10-12)17(22)19-8-9-25(23,24)14-5-3-13(18)4-6-14/h2-7,10-11H,8-9H2,1H3,(H,19,22). The number of hydrogen-bond donors (Lipinski definition) is 1. The summed E-state index contributed by atoms with van der Waals surface area (Å²) in [7, 11) is -3.59. The number of rotatable bonds is 5. The van der Waals surface area contributed by atoms with Crippen LogP contribution in [0.3, 0.4) is 0 Å². The first-order valence-corrected chi connectivity index (χ1v) is 9.22. The van der Waals surface area contributed by atoms with Gasteiger partial charge in [0.2, 0.25) is 0 Å². The molecule has 2 aromatic heterocycles. The van der Waals surface area contributed by atoms with Gasteiger partial charge in [-0.25, -0.2) is 17.8 Å². The van der Waals surface area contributed by atoms with Crippen LogP contribution in [-0.2, 0) is 9.84 Å². The van der Waals surface area contributed by atoms with Crippen molar-refractivity contribution in [2.45, 2.75) is 11.8 Å². The highest BCUT2D eigenvalue weighted by molar-refractivity contribution is 7.91. The number of nitrogens with zero attached hydrogens (tertiary/aromatic N) is 2. The highest BCUT2D eigenvalue weighted by Crippen LogP contribution is 2.11. The van der Waals surface area contributed by atoms with Gasteiger partial charge in [0.25, 0.3) is 5.91 Å². The molecule has 0 atom stereocenters. The van der Waals surface area contributed by atoms with Crippen LogP contribution in [0.5, 0.6) is 0 Å². The molecule has 0 unspecified atom stereocenters. The second kappa shape index (κ2) is 6.64. The molecule has 0 fully saturated rings. The fourth-order valence-corrected chi connectivity index (χ4v) is 3.52. The van der Waals surface area contributed by atoms with Gasteiger partial charge in [-0.2, -0.15) is 0 Å². The number of amides is 1. The Morgan fingerprint density at radius 2 is 1.88 bits per heavy atom. The van der Waals surface area contributed by atoms with E-state index in [4.69, 9.17) is 0 Å². The van der Waals surface area contributed by atoms with Gasteiger partial charge < -0.3 is 9.72 Å². The largest absolute Gasteiger partial charge is 0.350 e. The fourth-order valence-electron chi connectivity index (χ4n) is 2.36. The number of halogens is 1. The van der Waals surface area contributed by atoms with Gasteiger partial charge in [0.15, 0.2) is 9.84 Å². The van der Waals surface area contributed by atoms with Crippen molar-refractivity contribution in [3.8, 4) is 0 Å². The summed E-state index contributed by atoms with van der Waals surface area (Å²) in [5, 5.41) is 2.54. The van der Waals surface area contributed by atoms with Gasteiger partial charge in [0.1, 0.15) is 17.2 Å². The van der Waals surface area contributed by atoms with E-state index in [9.17, 15) is 17.6 Å². The van der Waals surface area contributed by atoms with Crippen LogP contribution in [-0.4, -0.2) is 36.0 Å². The van der Waals surface area contributed by atoms with Crippen LogP contribution < -0.4 is 5.32 Å². The van der Waals surface area contributed by atoms with E-state index in [2.05, 4.69) is 10.3 Å². The number of carbonyl (C=O) groups excluding carboxylic acids is 1. The second-order valence-corrected chi connectivity index (χ2v) is 7.74. The minimum Gasteiger partial charge on any atom is -0.350 e. The number of sulfone groups is 1. The zero-order valence-electron chi connectivity index (χ0n) is 13.4. The van der Waals surface area contributed by atoms with Crippen molar-refractivity contribution in [3.05, 3.63) is 65.9 Å². The molecular weight excluding hydrogens is 345 g/mol. The first-order valence-electron chi connectivity index (χ1n) is 7.57. The van der Waals surface area contributed by atoms with Crippen LogP contribution in [0.4, 0.5) is 4.39 Å². The van der Waals surface area contributed by atoms with E-state index >= 15 is 0 Å². The lowest BCUT2D eigenvalue weighted by molar-refractivity contribution is 0.0951. The molecule has 0 bridgehead atoms. The maximum absolute atomic E-state index is 12.9. The molecule has 25 heavy (non-hydrogen) atoms. The molecule has 0 aliphatic rings. The van der Waals surface area contributed by atoms with E-state index < -0.39 is 21.6 Å². The van der Waals surface area contributed by atoms with Crippen LogP contribution in [0.15, 0.2) is 53.7 Å². The third kappa shape index (κ3) is 3.85. The monoisotopic (exact) mass is 361 g/mol. The van der Waals surface area contributed by atoms with Crippen molar-refractivity contribution < 1.29 is 17.6 Å². The number of aryl methyl sites for hydroxylation is 1. The molecule has 130 valence electrons. The summed E-state index contributed by atoms with van der Waals surface area (Å²) in [5.41, 5.74) is 1.88. The molecule has 8 heteroatoms. The summed E-state index contributed by atoms with van der Waals surface area (Å²) in [5.74, 6) is -1.23. The summed E-state index contributed by atoms with van der Waals surface area (Å²) in [6, 6.07) is 8.27. The van der Waals surface area contributed by atoms with Crippen molar-refractivity contribution >= 4 is 21.4 Å². The molecule has 2 heterocycles. The van der Waals surface area contributed by atoms with E-state index in [0.29, 0.717) is 5.65 Å². The number of carbonyl (C=O) groups is 1. The molecule has 0 aliphatic carbocycles.